The zero-order chi connectivity index (χ0) is 36.0. The van der Waals surface area contributed by atoms with E-state index in [4.69, 9.17) is 0 Å². The molecule has 2 saturated carbocycles. The first-order chi connectivity index (χ1) is 24.6. The Labute approximate surface area is 306 Å². The van der Waals surface area contributed by atoms with Crippen molar-refractivity contribution in [2.75, 3.05) is 0 Å². The highest BCUT2D eigenvalue weighted by molar-refractivity contribution is 5.50. The standard InChI is InChI=1S/C47H60O4/c1-4-33(2)32-47(36-16-22-40(48)23-17-36,37-18-24-41(49)25-19-37)29-11-28-46(3,38-20-26-44(50)42(30-38)34-12-7-5-8-13-34)39-21-27-45(51)43(31-39)35-14-9-6-10-15-35/h16-27,30-31,33-35,48-51H,4-15,28-29,32H2,1-3H3. The number of rotatable bonds is 13. The number of hydrogen-bond acceptors (Lipinski definition) is 4. The number of benzene rings is 4. The molecule has 4 nitrogen and oxygen atoms in total. The van der Waals surface area contributed by atoms with Crippen molar-refractivity contribution < 1.29 is 20.4 Å². The Morgan fingerprint density at radius 1 is 0.569 bits per heavy atom. The molecule has 4 aromatic rings. The average molecular weight is 689 g/mol. The molecule has 4 heteroatoms. The molecule has 6 rings (SSSR count). The molecule has 4 aromatic carbocycles. The Morgan fingerprint density at radius 3 is 1.39 bits per heavy atom. The molecule has 1 atom stereocenters. The lowest BCUT2D eigenvalue weighted by atomic mass is 9.64. The highest BCUT2D eigenvalue weighted by Gasteiger charge is 2.38. The summed E-state index contributed by atoms with van der Waals surface area (Å²) in [6, 6.07) is 28.3. The molecule has 0 aliphatic heterocycles. The van der Waals surface area contributed by atoms with Crippen LogP contribution in [0, 0.1) is 5.92 Å². The van der Waals surface area contributed by atoms with Crippen LogP contribution in [0.25, 0.3) is 0 Å². The van der Waals surface area contributed by atoms with Crippen LogP contribution in [-0.2, 0) is 10.8 Å². The fraction of sp³-hybridized carbons (Fsp3) is 0.489. The predicted molar refractivity (Wildman–Crippen MR) is 209 cm³/mol. The molecule has 4 N–H and O–H groups in total. The van der Waals surface area contributed by atoms with Gasteiger partial charge >= 0.3 is 0 Å². The summed E-state index contributed by atoms with van der Waals surface area (Å²) in [5, 5.41) is 43.0. The summed E-state index contributed by atoms with van der Waals surface area (Å²) in [5.41, 5.74) is 6.31. The molecular weight excluding hydrogens is 629 g/mol. The number of hydrogen-bond donors (Lipinski definition) is 4. The van der Waals surface area contributed by atoms with E-state index >= 15 is 0 Å². The third kappa shape index (κ3) is 8.11. The lowest BCUT2D eigenvalue weighted by Gasteiger charge is -2.39. The first-order valence-electron chi connectivity index (χ1n) is 19.9. The van der Waals surface area contributed by atoms with Gasteiger partial charge in [0.05, 0.1) is 0 Å². The molecule has 0 radical (unpaired) electrons. The molecule has 2 aliphatic rings. The van der Waals surface area contributed by atoms with E-state index in [0.717, 1.165) is 68.9 Å². The van der Waals surface area contributed by atoms with E-state index in [1.54, 1.807) is 24.3 Å². The van der Waals surface area contributed by atoms with Gasteiger partial charge in [-0.25, -0.2) is 0 Å². The Kier molecular flexibility index (Phi) is 11.7. The van der Waals surface area contributed by atoms with Gasteiger partial charge < -0.3 is 20.4 Å². The van der Waals surface area contributed by atoms with Crippen molar-refractivity contribution in [3.05, 3.63) is 118 Å². The lowest BCUT2D eigenvalue weighted by Crippen LogP contribution is -2.32. The van der Waals surface area contributed by atoms with Gasteiger partial charge in [0, 0.05) is 10.8 Å². The smallest absolute Gasteiger partial charge is 0.119 e. The Bertz CT molecular complexity index is 1600. The largest absolute Gasteiger partial charge is 0.508 e. The van der Waals surface area contributed by atoms with Gasteiger partial charge in [-0.2, -0.15) is 0 Å². The van der Waals surface area contributed by atoms with Gasteiger partial charge in [0.1, 0.15) is 23.0 Å². The average Bonchev–Trinajstić information content (AvgIpc) is 3.16. The highest BCUT2D eigenvalue weighted by atomic mass is 16.3. The quantitative estimate of drug-likeness (QED) is 0.113. The zero-order valence-corrected chi connectivity index (χ0v) is 31.2. The third-order valence-corrected chi connectivity index (χ3v) is 12.9. The van der Waals surface area contributed by atoms with Gasteiger partial charge in [0.15, 0.2) is 0 Å². The first kappa shape index (κ1) is 36.9. The summed E-state index contributed by atoms with van der Waals surface area (Å²) in [6.07, 6.45) is 16.6. The van der Waals surface area contributed by atoms with E-state index in [9.17, 15) is 20.4 Å². The molecule has 0 heterocycles. The SMILES string of the molecule is CCC(C)CC(CCCC(C)(c1ccc(O)c(C2CCCCC2)c1)c1ccc(O)c(C2CCCCC2)c1)(c1ccc(O)cc1)c1ccc(O)cc1. The van der Waals surface area contributed by atoms with Crippen molar-refractivity contribution in [2.45, 2.75) is 140 Å². The molecule has 0 saturated heterocycles. The molecule has 272 valence electrons. The monoisotopic (exact) mass is 688 g/mol. The van der Waals surface area contributed by atoms with E-state index in [-0.39, 0.29) is 22.3 Å². The van der Waals surface area contributed by atoms with Crippen LogP contribution < -0.4 is 0 Å². The van der Waals surface area contributed by atoms with Gasteiger partial charge in [-0.15, -0.1) is 0 Å². The van der Waals surface area contributed by atoms with Crippen molar-refractivity contribution in [3.8, 4) is 23.0 Å². The Hall–Kier alpha value is -3.92. The second-order valence-electron chi connectivity index (χ2n) is 16.3. The van der Waals surface area contributed by atoms with Gasteiger partial charge in [0.2, 0.25) is 0 Å². The van der Waals surface area contributed by atoms with Gasteiger partial charge in [-0.3, -0.25) is 0 Å². The van der Waals surface area contributed by atoms with Crippen LogP contribution in [0.4, 0.5) is 0 Å². The highest BCUT2D eigenvalue weighted by Crippen LogP contribution is 2.49. The van der Waals surface area contributed by atoms with Crippen LogP contribution in [0.3, 0.4) is 0 Å². The molecule has 0 aromatic heterocycles. The summed E-state index contributed by atoms with van der Waals surface area (Å²) in [5.74, 6) is 2.57. The Morgan fingerprint density at radius 2 is 0.980 bits per heavy atom. The fourth-order valence-corrected chi connectivity index (χ4v) is 9.57. The zero-order valence-electron chi connectivity index (χ0n) is 31.2. The number of phenolic OH excluding ortho intramolecular Hbond substituents is 4. The molecule has 1 unspecified atom stereocenters. The maximum atomic E-state index is 11.2. The minimum Gasteiger partial charge on any atom is -0.508 e. The van der Waals surface area contributed by atoms with Gasteiger partial charge in [-0.05, 0) is 132 Å². The van der Waals surface area contributed by atoms with E-state index in [2.05, 4.69) is 69.3 Å². The van der Waals surface area contributed by atoms with Crippen LogP contribution in [0.2, 0.25) is 0 Å². The van der Waals surface area contributed by atoms with E-state index in [0.29, 0.717) is 29.3 Å². The van der Waals surface area contributed by atoms with Crippen LogP contribution >= 0.6 is 0 Å². The second kappa shape index (κ2) is 16.2. The lowest BCUT2D eigenvalue weighted by molar-refractivity contribution is 0.329. The molecular formula is C47H60O4. The van der Waals surface area contributed by atoms with Gasteiger partial charge in [0.25, 0.3) is 0 Å². The van der Waals surface area contributed by atoms with Crippen molar-refractivity contribution in [2.24, 2.45) is 5.92 Å². The summed E-state index contributed by atoms with van der Waals surface area (Å²) < 4.78 is 0. The molecule has 0 bridgehead atoms. The fourth-order valence-electron chi connectivity index (χ4n) is 9.57. The maximum absolute atomic E-state index is 11.2. The van der Waals surface area contributed by atoms with E-state index in [1.165, 1.54) is 60.8 Å². The second-order valence-corrected chi connectivity index (χ2v) is 16.3. The van der Waals surface area contributed by atoms with Crippen molar-refractivity contribution >= 4 is 0 Å². The van der Waals surface area contributed by atoms with E-state index in [1.807, 2.05) is 12.1 Å². The number of phenols is 4. The summed E-state index contributed by atoms with van der Waals surface area (Å²) in [6.45, 7) is 6.95. The van der Waals surface area contributed by atoms with Crippen LogP contribution in [0.5, 0.6) is 23.0 Å². The third-order valence-electron chi connectivity index (χ3n) is 12.9. The summed E-state index contributed by atoms with van der Waals surface area (Å²) >= 11 is 0. The summed E-state index contributed by atoms with van der Waals surface area (Å²) in [4.78, 5) is 0. The Balaban J connectivity index is 1.43. The summed E-state index contributed by atoms with van der Waals surface area (Å²) in [7, 11) is 0. The van der Waals surface area contributed by atoms with E-state index < -0.39 is 0 Å². The molecule has 51 heavy (non-hydrogen) atoms. The molecule has 0 amide bonds. The van der Waals surface area contributed by atoms with Crippen molar-refractivity contribution in [1.82, 2.24) is 0 Å². The number of aromatic hydroxyl groups is 4. The molecule has 0 spiro atoms. The molecule has 2 fully saturated rings. The normalized spacial score (nSPS) is 17.0. The maximum Gasteiger partial charge on any atom is 0.119 e. The molecule has 2 aliphatic carbocycles. The predicted octanol–water partition coefficient (Wildman–Crippen LogP) is 12.5. The van der Waals surface area contributed by atoms with Crippen molar-refractivity contribution in [3.63, 3.8) is 0 Å². The topological polar surface area (TPSA) is 80.9 Å². The van der Waals surface area contributed by atoms with Crippen molar-refractivity contribution in [1.29, 1.82) is 0 Å². The van der Waals surface area contributed by atoms with Crippen LogP contribution in [-0.4, -0.2) is 20.4 Å². The van der Waals surface area contributed by atoms with Gasteiger partial charge in [-0.1, -0.05) is 121 Å². The first-order valence-corrected chi connectivity index (χ1v) is 19.9. The minimum absolute atomic E-state index is 0.261. The van der Waals surface area contributed by atoms with Crippen LogP contribution in [0.1, 0.15) is 162 Å². The van der Waals surface area contributed by atoms with Crippen LogP contribution in [0.15, 0.2) is 84.9 Å². The minimum atomic E-state index is -0.361.